The molecule has 0 bridgehead atoms. The highest BCUT2D eigenvalue weighted by atomic mass is 19.3. The third-order valence-corrected chi connectivity index (χ3v) is 2.60. The Hall–Kier alpha value is -1.36. The number of rotatable bonds is 5. The highest BCUT2D eigenvalue weighted by Crippen LogP contribution is 2.32. The van der Waals surface area contributed by atoms with Crippen molar-refractivity contribution < 1.29 is 18.3 Å². The monoisotopic (exact) mass is 243 g/mol. The van der Waals surface area contributed by atoms with Crippen LogP contribution in [0.3, 0.4) is 0 Å². The zero-order chi connectivity index (χ0) is 12.3. The number of ether oxygens (including phenoxy) is 2. The van der Waals surface area contributed by atoms with Gasteiger partial charge in [-0.3, -0.25) is 0 Å². The Morgan fingerprint density at radius 1 is 1.29 bits per heavy atom. The molecule has 1 aromatic carbocycles. The normalized spacial score (nSPS) is 15.3. The second-order valence-corrected chi connectivity index (χ2v) is 4.09. The number of alkyl halides is 2. The third kappa shape index (κ3) is 3.30. The maximum Gasteiger partial charge on any atom is 0.250 e. The van der Waals surface area contributed by atoms with E-state index in [-0.39, 0.29) is 19.4 Å². The third-order valence-electron chi connectivity index (χ3n) is 2.60. The van der Waals surface area contributed by atoms with Gasteiger partial charge in [-0.25, -0.2) is 8.78 Å². The molecular weight excluding hydrogens is 228 g/mol. The lowest BCUT2D eigenvalue weighted by Gasteiger charge is -2.13. The van der Waals surface area contributed by atoms with Crippen molar-refractivity contribution in [3.63, 3.8) is 0 Å². The molecule has 3 nitrogen and oxygen atoms in total. The second-order valence-electron chi connectivity index (χ2n) is 4.09. The van der Waals surface area contributed by atoms with Gasteiger partial charge in [-0.05, 0) is 31.0 Å². The van der Waals surface area contributed by atoms with Crippen LogP contribution in [0.1, 0.15) is 12.5 Å². The van der Waals surface area contributed by atoms with Gasteiger partial charge in [0.2, 0.25) is 6.79 Å². The van der Waals surface area contributed by atoms with Crippen LogP contribution < -0.4 is 14.8 Å². The van der Waals surface area contributed by atoms with Crippen molar-refractivity contribution in [1.82, 2.24) is 5.32 Å². The minimum absolute atomic E-state index is 0.00405. The molecule has 0 radical (unpaired) electrons. The summed E-state index contributed by atoms with van der Waals surface area (Å²) in [7, 11) is 0. The predicted octanol–water partition coefficient (Wildman–Crippen LogP) is 2.20. The zero-order valence-corrected chi connectivity index (χ0v) is 9.58. The highest BCUT2D eigenvalue weighted by Gasteiger charge is 2.14. The fourth-order valence-corrected chi connectivity index (χ4v) is 1.78. The first-order valence-corrected chi connectivity index (χ1v) is 5.55. The summed E-state index contributed by atoms with van der Waals surface area (Å²) in [5.41, 5.74) is 1.04. The molecule has 1 atom stereocenters. The molecule has 1 heterocycles. The van der Waals surface area contributed by atoms with Gasteiger partial charge in [0.1, 0.15) is 0 Å². The van der Waals surface area contributed by atoms with Crippen LogP contribution in [0.15, 0.2) is 18.2 Å². The molecule has 1 aliphatic heterocycles. The van der Waals surface area contributed by atoms with Crippen LogP contribution >= 0.6 is 0 Å². The molecule has 0 spiro atoms. The van der Waals surface area contributed by atoms with Crippen molar-refractivity contribution in [2.24, 2.45) is 0 Å². The lowest BCUT2D eigenvalue weighted by Crippen LogP contribution is -2.32. The van der Waals surface area contributed by atoms with Crippen molar-refractivity contribution in [2.75, 3.05) is 13.3 Å². The fraction of sp³-hybridized carbons (Fsp3) is 0.500. The van der Waals surface area contributed by atoms with E-state index in [4.69, 9.17) is 9.47 Å². The lowest BCUT2D eigenvalue weighted by atomic mass is 10.1. The molecule has 2 rings (SSSR count). The summed E-state index contributed by atoms with van der Waals surface area (Å²) in [4.78, 5) is 0. The molecular formula is C12H15F2NO2. The summed E-state index contributed by atoms with van der Waals surface area (Å²) in [5, 5.41) is 2.78. The molecule has 5 heteroatoms. The number of hydrogen-bond donors (Lipinski definition) is 1. The van der Waals surface area contributed by atoms with Crippen molar-refractivity contribution in [1.29, 1.82) is 0 Å². The molecule has 0 saturated heterocycles. The SMILES string of the molecule is CC(Cc1ccc2c(c1)OCO2)NCC(F)F. The summed E-state index contributed by atoms with van der Waals surface area (Å²) >= 11 is 0. The van der Waals surface area contributed by atoms with Crippen LogP contribution in [0.4, 0.5) is 8.78 Å². The highest BCUT2D eigenvalue weighted by molar-refractivity contribution is 5.44. The van der Waals surface area contributed by atoms with Gasteiger partial charge in [-0.1, -0.05) is 6.07 Å². The first-order chi connectivity index (χ1) is 8.15. The quantitative estimate of drug-likeness (QED) is 0.860. The average molecular weight is 243 g/mol. The maximum absolute atomic E-state index is 12.0. The van der Waals surface area contributed by atoms with Gasteiger partial charge < -0.3 is 14.8 Å². The van der Waals surface area contributed by atoms with Crippen molar-refractivity contribution in [3.8, 4) is 11.5 Å². The van der Waals surface area contributed by atoms with Gasteiger partial charge in [0, 0.05) is 6.04 Å². The fourth-order valence-electron chi connectivity index (χ4n) is 1.78. The number of nitrogens with one attached hydrogen (secondary N) is 1. The molecule has 0 amide bonds. The standard InChI is InChI=1S/C12H15F2NO2/c1-8(15-6-12(13)14)4-9-2-3-10-11(5-9)17-7-16-10/h2-3,5,8,12,15H,4,6-7H2,1H3. The van der Waals surface area contributed by atoms with Crippen LogP contribution in [0.5, 0.6) is 11.5 Å². The summed E-state index contributed by atoms with van der Waals surface area (Å²) in [6.07, 6.45) is -1.63. The average Bonchev–Trinajstić information content (AvgIpc) is 2.73. The number of halogens is 2. The van der Waals surface area contributed by atoms with Gasteiger partial charge in [-0.15, -0.1) is 0 Å². The van der Waals surface area contributed by atoms with E-state index in [0.29, 0.717) is 6.42 Å². The van der Waals surface area contributed by atoms with E-state index in [1.807, 2.05) is 25.1 Å². The molecule has 94 valence electrons. The zero-order valence-electron chi connectivity index (χ0n) is 9.58. The first kappa shape index (κ1) is 12.1. The van der Waals surface area contributed by atoms with E-state index in [1.165, 1.54) is 0 Å². The van der Waals surface area contributed by atoms with Gasteiger partial charge >= 0.3 is 0 Å². The Labute approximate surface area is 98.7 Å². The second kappa shape index (κ2) is 5.31. The van der Waals surface area contributed by atoms with Gasteiger partial charge in [0.25, 0.3) is 6.43 Å². The number of benzene rings is 1. The van der Waals surface area contributed by atoms with Gasteiger partial charge in [0.05, 0.1) is 6.54 Å². The molecule has 1 aliphatic rings. The van der Waals surface area contributed by atoms with E-state index in [1.54, 1.807) is 0 Å². The van der Waals surface area contributed by atoms with Crippen LogP contribution in [0.2, 0.25) is 0 Å². The van der Waals surface area contributed by atoms with Crippen LogP contribution in [-0.4, -0.2) is 25.8 Å². The Bertz CT molecular complexity index is 385. The van der Waals surface area contributed by atoms with E-state index in [2.05, 4.69) is 5.32 Å². The van der Waals surface area contributed by atoms with Crippen LogP contribution in [-0.2, 0) is 6.42 Å². The summed E-state index contributed by atoms with van der Waals surface area (Å²) in [5.74, 6) is 1.46. The van der Waals surface area contributed by atoms with Crippen molar-refractivity contribution in [3.05, 3.63) is 23.8 Å². The van der Waals surface area contributed by atoms with E-state index < -0.39 is 6.43 Å². The molecule has 1 unspecified atom stereocenters. The largest absolute Gasteiger partial charge is 0.454 e. The topological polar surface area (TPSA) is 30.5 Å². The van der Waals surface area contributed by atoms with Crippen LogP contribution in [0.25, 0.3) is 0 Å². The minimum Gasteiger partial charge on any atom is -0.454 e. The predicted molar refractivity (Wildman–Crippen MR) is 59.7 cm³/mol. The molecule has 0 saturated carbocycles. The number of fused-ring (bicyclic) bond motifs is 1. The van der Waals surface area contributed by atoms with Gasteiger partial charge in [-0.2, -0.15) is 0 Å². The molecule has 17 heavy (non-hydrogen) atoms. The molecule has 0 aliphatic carbocycles. The molecule has 0 aromatic heterocycles. The Kier molecular flexibility index (Phi) is 3.78. The molecule has 1 aromatic rings. The smallest absolute Gasteiger partial charge is 0.250 e. The summed E-state index contributed by atoms with van der Waals surface area (Å²) in [6.45, 7) is 1.86. The Morgan fingerprint density at radius 3 is 2.82 bits per heavy atom. The van der Waals surface area contributed by atoms with E-state index in [0.717, 1.165) is 17.1 Å². The van der Waals surface area contributed by atoms with Crippen molar-refractivity contribution in [2.45, 2.75) is 25.8 Å². The summed E-state index contributed by atoms with van der Waals surface area (Å²) < 4.78 is 34.5. The molecule has 1 N–H and O–H groups in total. The van der Waals surface area contributed by atoms with E-state index in [9.17, 15) is 8.78 Å². The number of hydrogen-bond acceptors (Lipinski definition) is 3. The Morgan fingerprint density at radius 2 is 2.06 bits per heavy atom. The van der Waals surface area contributed by atoms with Crippen molar-refractivity contribution >= 4 is 0 Å². The first-order valence-electron chi connectivity index (χ1n) is 5.55. The maximum atomic E-state index is 12.0. The lowest BCUT2D eigenvalue weighted by molar-refractivity contribution is 0.142. The van der Waals surface area contributed by atoms with E-state index >= 15 is 0 Å². The van der Waals surface area contributed by atoms with Gasteiger partial charge in [0.15, 0.2) is 11.5 Å². The minimum atomic E-state index is -2.31. The van der Waals surface area contributed by atoms with Crippen LogP contribution in [0, 0.1) is 0 Å². The Balaban J connectivity index is 1.90. The molecule has 0 fully saturated rings. The summed E-state index contributed by atoms with van der Waals surface area (Å²) in [6, 6.07) is 5.67.